The van der Waals surface area contributed by atoms with Gasteiger partial charge in [-0.25, -0.2) is 4.98 Å². The van der Waals surface area contributed by atoms with Crippen molar-refractivity contribution in [3.63, 3.8) is 0 Å². The number of aromatic nitrogens is 1. The highest BCUT2D eigenvalue weighted by Gasteiger charge is 2.10. The molecule has 0 aliphatic rings. The van der Waals surface area contributed by atoms with Gasteiger partial charge >= 0.3 is 0 Å². The number of nitrogen functional groups attached to an aromatic ring is 1. The molecule has 6 heteroatoms. The summed E-state index contributed by atoms with van der Waals surface area (Å²) in [5.41, 5.74) is 8.27. The molecule has 1 heterocycles. The van der Waals surface area contributed by atoms with Gasteiger partial charge in [-0.1, -0.05) is 11.8 Å². The molecule has 0 saturated carbocycles. The maximum Gasteiger partial charge on any atom is 0.271 e. The Hall–Kier alpha value is -2.08. The summed E-state index contributed by atoms with van der Waals surface area (Å²) in [6.45, 7) is 3.92. The number of pyridine rings is 1. The van der Waals surface area contributed by atoms with E-state index in [0.717, 1.165) is 21.2 Å². The van der Waals surface area contributed by atoms with E-state index in [1.54, 1.807) is 6.07 Å². The average molecular weight is 275 g/mol. The molecule has 0 fully saturated rings. The Morgan fingerprint density at radius 2 is 2.00 bits per heavy atom. The third-order valence-electron chi connectivity index (χ3n) is 2.49. The first kappa shape index (κ1) is 13.4. The fraction of sp³-hybridized carbons (Fsp3) is 0.154. The zero-order valence-corrected chi connectivity index (χ0v) is 11.4. The van der Waals surface area contributed by atoms with Crippen LogP contribution < -0.4 is 5.73 Å². The lowest BCUT2D eigenvalue weighted by molar-refractivity contribution is -0.384. The van der Waals surface area contributed by atoms with Crippen molar-refractivity contribution in [1.82, 2.24) is 4.98 Å². The molecule has 2 rings (SSSR count). The molecule has 0 aliphatic heterocycles. The fourth-order valence-electron chi connectivity index (χ4n) is 1.71. The molecule has 2 N–H and O–H groups in total. The van der Waals surface area contributed by atoms with Crippen LogP contribution in [0.1, 0.15) is 11.3 Å². The van der Waals surface area contributed by atoms with E-state index >= 15 is 0 Å². The van der Waals surface area contributed by atoms with E-state index in [-0.39, 0.29) is 5.69 Å². The van der Waals surface area contributed by atoms with Crippen molar-refractivity contribution in [3.05, 3.63) is 51.7 Å². The minimum absolute atomic E-state index is 0.00441. The molecule has 1 aromatic heterocycles. The Bertz CT molecular complexity index is 624. The highest BCUT2D eigenvalue weighted by molar-refractivity contribution is 7.99. The number of hydrogen-bond donors (Lipinski definition) is 1. The van der Waals surface area contributed by atoms with Crippen molar-refractivity contribution in [2.24, 2.45) is 0 Å². The van der Waals surface area contributed by atoms with Crippen LogP contribution in [-0.4, -0.2) is 9.91 Å². The number of nitro groups is 1. The van der Waals surface area contributed by atoms with Crippen LogP contribution in [0.25, 0.3) is 0 Å². The van der Waals surface area contributed by atoms with E-state index in [4.69, 9.17) is 5.73 Å². The molecular formula is C13H13N3O2S. The molecule has 0 atom stereocenters. The predicted molar refractivity (Wildman–Crippen MR) is 75.3 cm³/mol. The van der Waals surface area contributed by atoms with Gasteiger partial charge in [-0.05, 0) is 37.6 Å². The van der Waals surface area contributed by atoms with Crippen LogP contribution >= 0.6 is 11.8 Å². The molecule has 0 unspecified atom stereocenters. The Morgan fingerprint density at radius 1 is 1.26 bits per heavy atom. The molecule has 98 valence electrons. The number of nitrogens with zero attached hydrogens (tertiary/aromatic N) is 2. The molecule has 19 heavy (non-hydrogen) atoms. The standard InChI is InChI=1S/C13H13N3O2S/c1-8-5-9(2)15-13(6-8)19-12-4-3-10(16(17)18)7-11(12)14/h3-7H,14H2,1-2H3. The van der Waals surface area contributed by atoms with Crippen LogP contribution in [0.4, 0.5) is 11.4 Å². The quantitative estimate of drug-likeness (QED) is 0.527. The third-order valence-corrected chi connectivity index (χ3v) is 3.50. The summed E-state index contributed by atoms with van der Waals surface area (Å²) in [4.78, 5) is 15.4. The zero-order valence-electron chi connectivity index (χ0n) is 10.6. The molecule has 0 saturated heterocycles. The second kappa shape index (κ2) is 5.27. The first-order valence-corrected chi connectivity index (χ1v) is 6.44. The van der Waals surface area contributed by atoms with Crippen molar-refractivity contribution in [2.45, 2.75) is 23.8 Å². The zero-order chi connectivity index (χ0) is 14.0. The van der Waals surface area contributed by atoms with Crippen molar-refractivity contribution >= 4 is 23.1 Å². The Kier molecular flexibility index (Phi) is 3.71. The largest absolute Gasteiger partial charge is 0.398 e. The summed E-state index contributed by atoms with van der Waals surface area (Å²) in [6, 6.07) is 8.41. The van der Waals surface area contributed by atoms with E-state index in [1.165, 1.54) is 23.9 Å². The number of benzene rings is 1. The van der Waals surface area contributed by atoms with Crippen molar-refractivity contribution in [3.8, 4) is 0 Å². The summed E-state index contributed by atoms with van der Waals surface area (Å²) in [6.07, 6.45) is 0. The Labute approximate surface area is 115 Å². The van der Waals surface area contributed by atoms with Crippen LogP contribution in [0.15, 0.2) is 40.3 Å². The fourth-order valence-corrected chi connectivity index (χ4v) is 2.68. The molecule has 0 spiro atoms. The smallest absolute Gasteiger partial charge is 0.271 e. The summed E-state index contributed by atoms with van der Waals surface area (Å²) in [5, 5.41) is 11.5. The lowest BCUT2D eigenvalue weighted by atomic mass is 10.3. The van der Waals surface area contributed by atoms with E-state index < -0.39 is 4.92 Å². The van der Waals surface area contributed by atoms with Gasteiger partial charge in [0, 0.05) is 22.7 Å². The van der Waals surface area contributed by atoms with Crippen molar-refractivity contribution in [1.29, 1.82) is 0 Å². The number of aryl methyl sites for hydroxylation is 2. The normalized spacial score (nSPS) is 10.4. The summed E-state index contributed by atoms with van der Waals surface area (Å²) in [5.74, 6) is 0. The monoisotopic (exact) mass is 275 g/mol. The number of nitro benzene ring substituents is 1. The van der Waals surface area contributed by atoms with Gasteiger partial charge in [-0.2, -0.15) is 0 Å². The van der Waals surface area contributed by atoms with E-state index in [2.05, 4.69) is 4.98 Å². The van der Waals surface area contributed by atoms with Crippen LogP contribution in [0.2, 0.25) is 0 Å². The highest BCUT2D eigenvalue weighted by Crippen LogP contribution is 2.33. The van der Waals surface area contributed by atoms with E-state index in [0.29, 0.717) is 5.69 Å². The molecule has 5 nitrogen and oxygen atoms in total. The second-order valence-corrected chi connectivity index (χ2v) is 5.27. The SMILES string of the molecule is Cc1cc(C)nc(Sc2ccc([N+](=O)[O-])cc2N)c1. The number of nitrogens with two attached hydrogens (primary N) is 1. The number of hydrogen-bond acceptors (Lipinski definition) is 5. The van der Waals surface area contributed by atoms with Gasteiger partial charge in [0.1, 0.15) is 5.03 Å². The van der Waals surface area contributed by atoms with Crippen molar-refractivity contribution < 1.29 is 4.92 Å². The van der Waals surface area contributed by atoms with Crippen LogP contribution in [-0.2, 0) is 0 Å². The average Bonchev–Trinajstić information content (AvgIpc) is 2.30. The summed E-state index contributed by atoms with van der Waals surface area (Å²) < 4.78 is 0. The molecule has 0 amide bonds. The van der Waals surface area contributed by atoms with Gasteiger partial charge in [0.05, 0.1) is 10.6 Å². The maximum absolute atomic E-state index is 10.6. The molecular weight excluding hydrogens is 262 g/mol. The minimum Gasteiger partial charge on any atom is -0.398 e. The van der Waals surface area contributed by atoms with Crippen LogP contribution in [0.5, 0.6) is 0 Å². The summed E-state index contributed by atoms with van der Waals surface area (Å²) in [7, 11) is 0. The van der Waals surface area contributed by atoms with Gasteiger partial charge in [0.15, 0.2) is 0 Å². The topological polar surface area (TPSA) is 82.0 Å². The molecule has 2 aromatic rings. The first-order valence-electron chi connectivity index (χ1n) is 5.63. The number of non-ortho nitro benzene ring substituents is 1. The first-order chi connectivity index (χ1) is 8.95. The maximum atomic E-state index is 10.6. The Morgan fingerprint density at radius 3 is 2.58 bits per heavy atom. The van der Waals surface area contributed by atoms with Gasteiger partial charge in [-0.15, -0.1) is 0 Å². The van der Waals surface area contributed by atoms with Gasteiger partial charge in [-0.3, -0.25) is 10.1 Å². The highest BCUT2D eigenvalue weighted by atomic mass is 32.2. The number of rotatable bonds is 3. The van der Waals surface area contributed by atoms with Crippen LogP contribution in [0.3, 0.4) is 0 Å². The lowest BCUT2D eigenvalue weighted by Gasteiger charge is -2.06. The Balaban J connectivity index is 2.30. The molecule has 1 aromatic carbocycles. The van der Waals surface area contributed by atoms with E-state index in [9.17, 15) is 10.1 Å². The number of anilines is 1. The van der Waals surface area contributed by atoms with E-state index in [1.807, 2.05) is 26.0 Å². The van der Waals surface area contributed by atoms with Gasteiger partial charge in [0.2, 0.25) is 0 Å². The van der Waals surface area contributed by atoms with Crippen molar-refractivity contribution in [2.75, 3.05) is 5.73 Å². The van der Waals surface area contributed by atoms with Crippen LogP contribution in [0, 0.1) is 24.0 Å². The third kappa shape index (κ3) is 3.23. The lowest BCUT2D eigenvalue weighted by Crippen LogP contribution is -1.94. The molecule has 0 bridgehead atoms. The summed E-state index contributed by atoms with van der Waals surface area (Å²) >= 11 is 1.40. The van der Waals surface area contributed by atoms with Gasteiger partial charge < -0.3 is 5.73 Å². The van der Waals surface area contributed by atoms with Gasteiger partial charge in [0.25, 0.3) is 5.69 Å². The molecule has 0 radical (unpaired) electrons. The predicted octanol–water partition coefficient (Wildman–Crippen LogP) is 3.34. The minimum atomic E-state index is -0.458. The second-order valence-electron chi connectivity index (χ2n) is 4.21. The molecule has 0 aliphatic carbocycles.